The lowest BCUT2D eigenvalue weighted by Gasteiger charge is -2.29. The van der Waals surface area contributed by atoms with Gasteiger partial charge in [0.05, 0.1) is 23.4 Å². The van der Waals surface area contributed by atoms with Crippen LogP contribution in [0.4, 0.5) is 4.79 Å². The summed E-state index contributed by atoms with van der Waals surface area (Å²) < 4.78 is 17.0. The molecule has 0 fully saturated rings. The van der Waals surface area contributed by atoms with Crippen LogP contribution in [0.15, 0.2) is 18.2 Å². The summed E-state index contributed by atoms with van der Waals surface area (Å²) in [5.74, 6) is 0.0299. The minimum absolute atomic E-state index is 0.0798. The smallest absolute Gasteiger partial charge is 0.410 e. The van der Waals surface area contributed by atoms with Gasteiger partial charge >= 0.3 is 12.1 Å². The minimum Gasteiger partial charge on any atom is -0.490 e. The summed E-state index contributed by atoms with van der Waals surface area (Å²) in [4.78, 5) is 30.9. The van der Waals surface area contributed by atoms with Gasteiger partial charge in [0, 0.05) is 19.2 Å². The lowest BCUT2D eigenvalue weighted by molar-refractivity contribution is 0.0270. The molecule has 3 rings (SSSR count). The molecule has 7 nitrogen and oxygen atoms in total. The molecule has 1 amide bonds. The van der Waals surface area contributed by atoms with Crippen molar-refractivity contribution in [3.8, 4) is 5.75 Å². The van der Waals surface area contributed by atoms with Crippen molar-refractivity contribution in [2.75, 3.05) is 20.2 Å². The van der Waals surface area contributed by atoms with E-state index in [0.717, 1.165) is 20.8 Å². The molecule has 30 heavy (non-hydrogen) atoms. The second-order valence-corrected chi connectivity index (χ2v) is 9.43. The highest BCUT2D eigenvalue weighted by atomic mass is 32.1. The van der Waals surface area contributed by atoms with Crippen LogP contribution in [-0.2, 0) is 9.47 Å². The third-order valence-electron chi connectivity index (χ3n) is 4.39. The zero-order valence-corrected chi connectivity index (χ0v) is 19.1. The average molecular weight is 433 g/mol. The highest BCUT2D eigenvalue weighted by Gasteiger charge is 2.25. The molecule has 0 aliphatic carbocycles. The second-order valence-electron chi connectivity index (χ2n) is 8.40. The number of rotatable bonds is 4. The minimum atomic E-state index is -0.513. The van der Waals surface area contributed by atoms with E-state index in [1.165, 1.54) is 18.4 Å². The Hall–Kier alpha value is -2.61. The first-order valence-electron chi connectivity index (χ1n) is 9.94. The number of benzene rings is 1. The summed E-state index contributed by atoms with van der Waals surface area (Å²) in [5, 5.41) is 0.881. The van der Waals surface area contributed by atoms with E-state index in [9.17, 15) is 9.59 Å². The fourth-order valence-corrected chi connectivity index (χ4v) is 4.12. The Balaban J connectivity index is 1.85. The third-order valence-corrected chi connectivity index (χ3v) is 5.49. The number of methoxy groups -OCH3 is 1. The van der Waals surface area contributed by atoms with Crippen LogP contribution in [0.1, 0.15) is 56.4 Å². The molecule has 0 unspecified atom stereocenters. The van der Waals surface area contributed by atoms with E-state index < -0.39 is 11.6 Å². The summed E-state index contributed by atoms with van der Waals surface area (Å²) in [6, 6.07) is 3.56. The molecule has 1 aromatic heterocycles. The number of ether oxygens (including phenoxy) is 3. The Morgan fingerprint density at radius 3 is 2.53 bits per heavy atom. The fourth-order valence-electron chi connectivity index (χ4n) is 3.07. The van der Waals surface area contributed by atoms with Crippen molar-refractivity contribution < 1.29 is 23.8 Å². The molecule has 0 radical (unpaired) electrons. The molecule has 8 heteroatoms. The van der Waals surface area contributed by atoms with Gasteiger partial charge in [-0.05, 0) is 52.7 Å². The van der Waals surface area contributed by atoms with Crippen molar-refractivity contribution >= 4 is 39.2 Å². The summed E-state index contributed by atoms with van der Waals surface area (Å²) in [6.45, 7) is 10.4. The van der Waals surface area contributed by atoms with Crippen molar-refractivity contribution in [2.45, 2.75) is 52.7 Å². The van der Waals surface area contributed by atoms with Crippen molar-refractivity contribution in [2.24, 2.45) is 0 Å². The number of hydrogen-bond donors (Lipinski definition) is 0. The number of thiazole rings is 1. The van der Waals surface area contributed by atoms with Gasteiger partial charge in [-0.25, -0.2) is 14.6 Å². The Bertz CT molecular complexity index is 987. The van der Waals surface area contributed by atoms with Crippen LogP contribution in [0.2, 0.25) is 0 Å². The van der Waals surface area contributed by atoms with E-state index in [-0.39, 0.29) is 12.2 Å². The van der Waals surface area contributed by atoms with Crippen molar-refractivity contribution in [1.29, 1.82) is 0 Å². The maximum absolute atomic E-state index is 12.3. The molecule has 2 heterocycles. The maximum atomic E-state index is 12.3. The van der Waals surface area contributed by atoms with E-state index in [2.05, 4.69) is 0 Å². The van der Waals surface area contributed by atoms with Crippen LogP contribution in [0.3, 0.4) is 0 Å². The number of esters is 1. The van der Waals surface area contributed by atoms with Crippen molar-refractivity contribution in [1.82, 2.24) is 9.88 Å². The summed E-state index contributed by atoms with van der Waals surface area (Å²) >= 11 is 1.52. The molecule has 0 bridgehead atoms. The molecular weight excluding hydrogens is 404 g/mol. The lowest BCUT2D eigenvalue weighted by atomic mass is 10.1. The van der Waals surface area contributed by atoms with Gasteiger partial charge < -0.3 is 19.1 Å². The Kier molecular flexibility index (Phi) is 6.36. The van der Waals surface area contributed by atoms with Gasteiger partial charge in [-0.15, -0.1) is 11.3 Å². The molecule has 2 aromatic rings. The molecule has 162 valence electrons. The monoisotopic (exact) mass is 432 g/mol. The molecule has 0 atom stereocenters. The molecule has 1 aliphatic rings. The topological polar surface area (TPSA) is 78.0 Å². The Morgan fingerprint density at radius 2 is 1.97 bits per heavy atom. The summed E-state index contributed by atoms with van der Waals surface area (Å²) in [7, 11) is 1.35. The molecule has 1 aromatic carbocycles. The van der Waals surface area contributed by atoms with Crippen LogP contribution >= 0.6 is 11.3 Å². The fraction of sp³-hybridized carbons (Fsp3) is 0.500. The normalized spacial score (nSPS) is 14.6. The molecule has 0 N–H and O–H groups in total. The standard InChI is InChI=1S/C22H28N2O5S/c1-13(2)28-17-12-16-18(11-15(17)20(25)27-6)30-19(23-16)14-7-9-24(10-8-14)21(26)29-22(3,4)5/h7,11-13H,8-10H2,1-6H3. The highest BCUT2D eigenvalue weighted by molar-refractivity contribution is 7.19. The SMILES string of the molecule is COC(=O)c1cc2sc(C3=CCN(C(=O)OC(C)(C)C)CC3)nc2cc1OC(C)C. The number of amides is 1. The molecule has 0 saturated carbocycles. The first-order chi connectivity index (χ1) is 14.1. The molecule has 1 aliphatic heterocycles. The third kappa shape index (κ3) is 5.11. The summed E-state index contributed by atoms with van der Waals surface area (Å²) in [6.07, 6.45) is 2.32. The predicted octanol–water partition coefficient (Wildman–Crippen LogP) is 4.89. The molecule has 0 spiro atoms. The zero-order chi connectivity index (χ0) is 22.1. The van der Waals surface area contributed by atoms with Crippen LogP contribution in [0, 0.1) is 0 Å². The maximum Gasteiger partial charge on any atom is 0.410 e. The van der Waals surface area contributed by atoms with Gasteiger partial charge in [-0.1, -0.05) is 6.08 Å². The number of fused-ring (bicyclic) bond motifs is 1. The van der Waals surface area contributed by atoms with E-state index >= 15 is 0 Å². The van der Waals surface area contributed by atoms with Crippen molar-refractivity contribution in [3.63, 3.8) is 0 Å². The Morgan fingerprint density at radius 1 is 1.23 bits per heavy atom. The van der Waals surface area contributed by atoms with Gasteiger partial charge in [-0.3, -0.25) is 0 Å². The van der Waals surface area contributed by atoms with Gasteiger partial charge in [0.1, 0.15) is 21.9 Å². The Labute approximate surface area is 180 Å². The lowest BCUT2D eigenvalue weighted by Crippen LogP contribution is -2.39. The number of aromatic nitrogens is 1. The van der Waals surface area contributed by atoms with Gasteiger partial charge in [0.2, 0.25) is 0 Å². The number of hydrogen-bond acceptors (Lipinski definition) is 7. The zero-order valence-electron chi connectivity index (χ0n) is 18.3. The van der Waals surface area contributed by atoms with E-state index in [4.69, 9.17) is 19.2 Å². The predicted molar refractivity (Wildman–Crippen MR) is 117 cm³/mol. The molecular formula is C22H28N2O5S. The number of nitrogens with zero attached hydrogens (tertiary/aromatic N) is 2. The first-order valence-corrected chi connectivity index (χ1v) is 10.8. The van der Waals surface area contributed by atoms with E-state index in [0.29, 0.717) is 30.8 Å². The summed E-state index contributed by atoms with van der Waals surface area (Å²) in [5.41, 5.74) is 1.74. The first kappa shape index (κ1) is 22.1. The largest absolute Gasteiger partial charge is 0.490 e. The number of carbonyl (C=O) groups excluding carboxylic acids is 2. The second kappa shape index (κ2) is 8.63. The van der Waals surface area contributed by atoms with Gasteiger partial charge in [0.15, 0.2) is 0 Å². The highest BCUT2D eigenvalue weighted by Crippen LogP contribution is 2.35. The van der Waals surface area contributed by atoms with E-state index in [1.807, 2.05) is 40.7 Å². The van der Waals surface area contributed by atoms with Gasteiger partial charge in [-0.2, -0.15) is 0 Å². The van der Waals surface area contributed by atoms with Crippen molar-refractivity contribution in [3.05, 3.63) is 28.8 Å². The van der Waals surface area contributed by atoms with E-state index in [1.54, 1.807) is 17.0 Å². The van der Waals surface area contributed by atoms with Crippen LogP contribution < -0.4 is 4.74 Å². The van der Waals surface area contributed by atoms with Gasteiger partial charge in [0.25, 0.3) is 0 Å². The molecule has 0 saturated heterocycles. The van der Waals surface area contributed by atoms with Crippen LogP contribution in [0.5, 0.6) is 5.75 Å². The number of carbonyl (C=O) groups is 2. The van der Waals surface area contributed by atoms with Crippen LogP contribution in [0.25, 0.3) is 15.8 Å². The van der Waals surface area contributed by atoms with Crippen LogP contribution in [-0.4, -0.2) is 53.9 Å². The average Bonchev–Trinajstić information content (AvgIpc) is 3.08. The quantitative estimate of drug-likeness (QED) is 0.640.